The van der Waals surface area contributed by atoms with Crippen LogP contribution in [0.15, 0.2) is 30.5 Å². The number of benzene rings is 1. The molecule has 1 aromatic carbocycles. The molecule has 0 atom stereocenters. The number of halogens is 1. The predicted octanol–water partition coefficient (Wildman–Crippen LogP) is 1.60. The molecule has 18 heavy (non-hydrogen) atoms. The van der Waals surface area contributed by atoms with Gasteiger partial charge in [0.2, 0.25) is 0 Å². The fourth-order valence-electron chi connectivity index (χ4n) is 1.31. The van der Waals surface area contributed by atoms with Crippen LogP contribution in [0.4, 0.5) is 0 Å². The van der Waals surface area contributed by atoms with Gasteiger partial charge in [0.1, 0.15) is 24.6 Å². The van der Waals surface area contributed by atoms with Crippen LogP contribution in [0.5, 0.6) is 5.75 Å². The number of nitrogens with zero attached hydrogens (tertiary/aromatic N) is 3. The average Bonchev–Trinajstić information content (AvgIpc) is 2.75. The molecule has 1 aromatic heterocycles. The summed E-state index contributed by atoms with van der Waals surface area (Å²) in [5.41, 5.74) is 0.561. The molecular weight excluding hydrogens is 258 g/mol. The summed E-state index contributed by atoms with van der Waals surface area (Å²) in [5.74, 6) is -0.308. The van der Waals surface area contributed by atoms with Crippen LogP contribution in [0.1, 0.15) is 5.69 Å². The first-order chi connectivity index (χ1) is 8.63. The summed E-state index contributed by atoms with van der Waals surface area (Å²) < 4.78 is 6.68. The van der Waals surface area contributed by atoms with Gasteiger partial charge >= 0.3 is 5.97 Å². The molecule has 7 heteroatoms. The van der Waals surface area contributed by atoms with Crippen LogP contribution < -0.4 is 4.74 Å². The fraction of sp³-hybridized carbons (Fsp3) is 0.182. The van der Waals surface area contributed by atoms with Gasteiger partial charge in [0.25, 0.3) is 0 Å². The summed E-state index contributed by atoms with van der Waals surface area (Å²) in [7, 11) is 0. The monoisotopic (exact) mass is 267 g/mol. The first kappa shape index (κ1) is 12.4. The van der Waals surface area contributed by atoms with Crippen molar-refractivity contribution in [2.75, 3.05) is 0 Å². The zero-order chi connectivity index (χ0) is 13.0. The molecule has 0 spiro atoms. The molecule has 2 rings (SSSR count). The van der Waals surface area contributed by atoms with Crippen molar-refractivity contribution in [2.45, 2.75) is 13.2 Å². The van der Waals surface area contributed by atoms with Gasteiger partial charge in [0, 0.05) is 5.02 Å². The van der Waals surface area contributed by atoms with Gasteiger partial charge in [-0.25, -0.2) is 4.68 Å². The van der Waals surface area contributed by atoms with Crippen molar-refractivity contribution in [3.8, 4) is 5.75 Å². The van der Waals surface area contributed by atoms with Gasteiger partial charge in [-0.05, 0) is 24.3 Å². The number of hydrogen-bond acceptors (Lipinski definition) is 4. The number of rotatable bonds is 5. The van der Waals surface area contributed by atoms with Crippen molar-refractivity contribution in [1.82, 2.24) is 15.0 Å². The van der Waals surface area contributed by atoms with E-state index in [4.69, 9.17) is 21.4 Å². The minimum atomic E-state index is -0.968. The first-order valence-electron chi connectivity index (χ1n) is 5.12. The quantitative estimate of drug-likeness (QED) is 0.890. The highest BCUT2D eigenvalue weighted by molar-refractivity contribution is 6.30. The van der Waals surface area contributed by atoms with E-state index >= 15 is 0 Å². The second-order valence-electron chi connectivity index (χ2n) is 3.54. The van der Waals surface area contributed by atoms with Crippen LogP contribution in [0.3, 0.4) is 0 Å². The van der Waals surface area contributed by atoms with Gasteiger partial charge < -0.3 is 9.84 Å². The standard InChI is InChI=1S/C11H10ClN3O3/c12-8-1-3-10(4-2-8)18-7-9-5-15(14-13-9)6-11(16)17/h1-5H,6-7H2,(H,16,17). The Bertz CT molecular complexity index is 539. The third kappa shape index (κ3) is 3.46. The fourth-order valence-corrected chi connectivity index (χ4v) is 1.43. The van der Waals surface area contributed by atoms with Gasteiger partial charge in [-0.2, -0.15) is 0 Å². The topological polar surface area (TPSA) is 77.2 Å². The molecule has 2 aromatic rings. The molecule has 94 valence electrons. The number of carboxylic acids is 1. The molecule has 0 saturated carbocycles. The maximum Gasteiger partial charge on any atom is 0.325 e. The summed E-state index contributed by atoms with van der Waals surface area (Å²) >= 11 is 5.74. The molecule has 0 fully saturated rings. The lowest BCUT2D eigenvalue weighted by atomic mass is 10.3. The highest BCUT2D eigenvalue weighted by Crippen LogP contribution is 2.16. The van der Waals surface area contributed by atoms with Crippen LogP contribution in [-0.4, -0.2) is 26.1 Å². The highest BCUT2D eigenvalue weighted by atomic mass is 35.5. The Labute approximate surface area is 108 Å². The lowest BCUT2D eigenvalue weighted by molar-refractivity contribution is -0.137. The van der Waals surface area contributed by atoms with Gasteiger partial charge in [0.15, 0.2) is 0 Å². The third-order valence-corrected chi connectivity index (χ3v) is 2.34. The number of aliphatic carboxylic acids is 1. The normalized spacial score (nSPS) is 10.3. The second-order valence-corrected chi connectivity index (χ2v) is 3.98. The summed E-state index contributed by atoms with van der Waals surface area (Å²) in [6.07, 6.45) is 1.53. The molecule has 0 bridgehead atoms. The highest BCUT2D eigenvalue weighted by Gasteiger charge is 2.04. The summed E-state index contributed by atoms with van der Waals surface area (Å²) in [6, 6.07) is 6.92. The Morgan fingerprint density at radius 2 is 2.11 bits per heavy atom. The van der Waals surface area contributed by atoms with Gasteiger partial charge in [-0.3, -0.25) is 4.79 Å². The molecular formula is C11H10ClN3O3. The maximum absolute atomic E-state index is 10.5. The third-order valence-electron chi connectivity index (χ3n) is 2.08. The van der Waals surface area contributed by atoms with Crippen LogP contribution in [-0.2, 0) is 17.9 Å². The number of hydrogen-bond donors (Lipinski definition) is 1. The Morgan fingerprint density at radius 3 is 2.78 bits per heavy atom. The number of carbonyl (C=O) groups is 1. The summed E-state index contributed by atoms with van der Waals surface area (Å²) in [6.45, 7) is 0.00912. The van der Waals surface area contributed by atoms with E-state index in [9.17, 15) is 4.79 Å². The molecule has 1 N–H and O–H groups in total. The van der Waals surface area contributed by atoms with Crippen LogP contribution in [0, 0.1) is 0 Å². The molecule has 6 nitrogen and oxygen atoms in total. The average molecular weight is 268 g/mol. The first-order valence-corrected chi connectivity index (χ1v) is 5.50. The lowest BCUT2D eigenvalue weighted by Crippen LogP contribution is -2.08. The van der Waals surface area contributed by atoms with Crippen LogP contribution in [0.2, 0.25) is 5.02 Å². The van der Waals surface area contributed by atoms with E-state index in [1.807, 2.05) is 0 Å². The molecule has 0 amide bonds. The van der Waals surface area contributed by atoms with E-state index in [2.05, 4.69) is 10.3 Å². The van der Waals surface area contributed by atoms with Crippen molar-refractivity contribution in [1.29, 1.82) is 0 Å². The van der Waals surface area contributed by atoms with E-state index < -0.39 is 5.97 Å². The van der Waals surface area contributed by atoms with E-state index in [0.29, 0.717) is 16.5 Å². The van der Waals surface area contributed by atoms with E-state index in [-0.39, 0.29) is 13.2 Å². The van der Waals surface area contributed by atoms with E-state index in [1.54, 1.807) is 24.3 Å². The number of carboxylic acid groups (broad SMARTS) is 1. The molecule has 1 heterocycles. The van der Waals surface area contributed by atoms with Crippen LogP contribution in [0.25, 0.3) is 0 Å². The van der Waals surface area contributed by atoms with Gasteiger partial charge in [0.05, 0.1) is 6.20 Å². The Hall–Kier alpha value is -2.08. The van der Waals surface area contributed by atoms with Crippen molar-refractivity contribution >= 4 is 17.6 Å². The second kappa shape index (κ2) is 5.50. The summed E-state index contributed by atoms with van der Waals surface area (Å²) in [5, 5.41) is 16.7. The lowest BCUT2D eigenvalue weighted by Gasteiger charge is -2.02. The van der Waals surface area contributed by atoms with Crippen molar-refractivity contribution in [3.63, 3.8) is 0 Å². The predicted molar refractivity (Wildman–Crippen MR) is 63.4 cm³/mol. The van der Waals surface area contributed by atoms with E-state index in [0.717, 1.165) is 0 Å². The van der Waals surface area contributed by atoms with E-state index in [1.165, 1.54) is 10.9 Å². The molecule has 0 unspecified atom stereocenters. The Kier molecular flexibility index (Phi) is 3.78. The number of ether oxygens (including phenoxy) is 1. The van der Waals surface area contributed by atoms with Crippen molar-refractivity contribution < 1.29 is 14.6 Å². The smallest absolute Gasteiger partial charge is 0.325 e. The SMILES string of the molecule is O=C(O)Cn1cc(COc2ccc(Cl)cc2)nn1. The van der Waals surface area contributed by atoms with Gasteiger partial charge in [-0.15, -0.1) is 5.10 Å². The molecule has 0 aliphatic rings. The Balaban J connectivity index is 1.92. The van der Waals surface area contributed by atoms with Gasteiger partial charge in [-0.1, -0.05) is 16.8 Å². The largest absolute Gasteiger partial charge is 0.487 e. The number of aromatic nitrogens is 3. The van der Waals surface area contributed by atoms with Crippen LogP contribution >= 0.6 is 11.6 Å². The maximum atomic E-state index is 10.5. The molecule has 0 saturated heterocycles. The van der Waals surface area contributed by atoms with Crippen molar-refractivity contribution in [3.05, 3.63) is 41.2 Å². The zero-order valence-corrected chi connectivity index (χ0v) is 10.0. The molecule has 0 radical (unpaired) electrons. The zero-order valence-electron chi connectivity index (χ0n) is 9.28. The minimum absolute atomic E-state index is 0.214. The molecule has 0 aliphatic heterocycles. The van der Waals surface area contributed by atoms with Crippen molar-refractivity contribution in [2.24, 2.45) is 0 Å². The molecule has 0 aliphatic carbocycles. The minimum Gasteiger partial charge on any atom is -0.487 e. The Morgan fingerprint density at radius 1 is 1.39 bits per heavy atom. The summed E-state index contributed by atoms with van der Waals surface area (Å²) in [4.78, 5) is 10.5.